The van der Waals surface area contributed by atoms with Gasteiger partial charge in [-0.1, -0.05) is 6.07 Å². The average Bonchev–Trinajstić information content (AvgIpc) is 2.38. The monoisotopic (exact) mass is 286 g/mol. The van der Waals surface area contributed by atoms with Crippen molar-refractivity contribution in [1.82, 2.24) is 9.97 Å². The van der Waals surface area contributed by atoms with Crippen LogP contribution >= 0.6 is 0 Å². The fourth-order valence-electron chi connectivity index (χ4n) is 1.72. The van der Waals surface area contributed by atoms with E-state index in [1.165, 1.54) is 19.2 Å². The first-order chi connectivity index (χ1) is 9.43. The molecule has 7 heteroatoms. The molecule has 0 amide bonds. The number of benzene rings is 1. The normalized spacial score (nSPS) is 11.7. The van der Waals surface area contributed by atoms with Gasteiger partial charge in [-0.2, -0.15) is 13.2 Å². The smallest absolute Gasteiger partial charge is 0.378 e. The van der Waals surface area contributed by atoms with E-state index in [1.807, 2.05) is 0 Å². The lowest BCUT2D eigenvalue weighted by molar-refractivity contribution is -0.139. The molecule has 0 aliphatic rings. The van der Waals surface area contributed by atoms with E-state index in [9.17, 15) is 17.6 Å². The van der Waals surface area contributed by atoms with E-state index in [0.717, 1.165) is 12.4 Å². The molecule has 0 aliphatic heterocycles. The maximum atomic E-state index is 14.0. The first-order valence-corrected chi connectivity index (χ1v) is 5.59. The van der Waals surface area contributed by atoms with Crippen LogP contribution in [-0.4, -0.2) is 17.1 Å². The largest absolute Gasteiger partial charge is 0.419 e. The summed E-state index contributed by atoms with van der Waals surface area (Å²) >= 11 is 0. The van der Waals surface area contributed by atoms with E-state index in [-0.39, 0.29) is 17.9 Å². The lowest BCUT2D eigenvalue weighted by atomic mass is 10.1. The zero-order chi connectivity index (χ0) is 14.8. The predicted molar refractivity (Wildman–Crippen MR) is 63.1 cm³/mol. The van der Waals surface area contributed by atoms with Gasteiger partial charge in [-0.05, 0) is 18.2 Å². The fraction of sp³-hybridized carbons (Fsp3) is 0.231. The predicted octanol–water partition coefficient (Wildman–Crippen LogP) is 3.45. The van der Waals surface area contributed by atoms with Crippen LogP contribution in [0.3, 0.4) is 0 Å². The third-order valence-electron chi connectivity index (χ3n) is 2.60. The number of rotatable bonds is 3. The summed E-state index contributed by atoms with van der Waals surface area (Å²) in [5.41, 5.74) is -1.01. The van der Waals surface area contributed by atoms with Gasteiger partial charge in [-0.15, -0.1) is 0 Å². The van der Waals surface area contributed by atoms with Crippen molar-refractivity contribution >= 4 is 0 Å². The van der Waals surface area contributed by atoms with E-state index in [0.29, 0.717) is 11.8 Å². The number of methoxy groups -OCH3 is 1. The van der Waals surface area contributed by atoms with Crippen molar-refractivity contribution in [3.63, 3.8) is 0 Å². The minimum Gasteiger partial charge on any atom is -0.378 e. The number of hydrogen-bond donors (Lipinski definition) is 0. The average molecular weight is 286 g/mol. The van der Waals surface area contributed by atoms with Gasteiger partial charge in [0, 0.05) is 12.7 Å². The van der Waals surface area contributed by atoms with Crippen molar-refractivity contribution in [3.8, 4) is 11.3 Å². The summed E-state index contributed by atoms with van der Waals surface area (Å²) in [6, 6.07) is 4.46. The summed E-state index contributed by atoms with van der Waals surface area (Å²) in [6.45, 7) is 0.163. The second-order valence-electron chi connectivity index (χ2n) is 3.99. The Morgan fingerprint density at radius 1 is 1.20 bits per heavy atom. The molecular weight excluding hydrogens is 276 g/mol. The Kier molecular flexibility index (Phi) is 3.99. The molecule has 106 valence electrons. The summed E-state index contributed by atoms with van der Waals surface area (Å²) in [7, 11) is 1.45. The number of aromatic nitrogens is 2. The lowest BCUT2D eigenvalue weighted by Crippen LogP contribution is -2.09. The molecule has 2 rings (SSSR count). The lowest BCUT2D eigenvalue weighted by Gasteiger charge is -2.11. The van der Waals surface area contributed by atoms with Gasteiger partial charge in [0.05, 0.1) is 23.6 Å². The van der Waals surface area contributed by atoms with Crippen LogP contribution in [0.4, 0.5) is 17.6 Å². The van der Waals surface area contributed by atoms with E-state index in [4.69, 9.17) is 4.74 Å². The highest BCUT2D eigenvalue weighted by atomic mass is 19.4. The Hall–Kier alpha value is -2.02. The minimum absolute atomic E-state index is 0.0793. The van der Waals surface area contributed by atoms with Crippen LogP contribution < -0.4 is 0 Å². The zero-order valence-corrected chi connectivity index (χ0v) is 10.4. The quantitative estimate of drug-likeness (QED) is 0.811. The van der Waals surface area contributed by atoms with Gasteiger partial charge in [0.25, 0.3) is 0 Å². The molecule has 0 fully saturated rings. The Bertz CT molecular complexity index is 614. The van der Waals surface area contributed by atoms with Crippen molar-refractivity contribution in [2.45, 2.75) is 12.8 Å². The van der Waals surface area contributed by atoms with Crippen molar-refractivity contribution < 1.29 is 22.3 Å². The van der Waals surface area contributed by atoms with Gasteiger partial charge < -0.3 is 4.74 Å². The molecule has 1 aromatic heterocycles. The van der Waals surface area contributed by atoms with Crippen molar-refractivity contribution in [2.75, 3.05) is 7.11 Å². The number of hydrogen-bond acceptors (Lipinski definition) is 3. The van der Waals surface area contributed by atoms with Crippen LogP contribution in [0.15, 0.2) is 30.6 Å². The fourth-order valence-corrected chi connectivity index (χ4v) is 1.72. The maximum absolute atomic E-state index is 14.0. The van der Waals surface area contributed by atoms with Crippen molar-refractivity contribution in [1.29, 1.82) is 0 Å². The standard InChI is InChI=1S/C13H10F4N2O/c1-20-6-8-5-11(19-7-18-8)9-3-2-4-10(12(9)14)13(15,16)17/h2-5,7H,6H2,1H3. The Morgan fingerprint density at radius 2 is 1.95 bits per heavy atom. The van der Waals surface area contributed by atoms with Gasteiger partial charge in [0.2, 0.25) is 0 Å². The highest BCUT2D eigenvalue weighted by Crippen LogP contribution is 2.34. The summed E-state index contributed by atoms with van der Waals surface area (Å²) in [5.74, 6) is -1.35. The zero-order valence-electron chi connectivity index (χ0n) is 10.4. The summed E-state index contributed by atoms with van der Waals surface area (Å²) in [6.07, 6.45) is -3.59. The number of ether oxygens (including phenoxy) is 1. The van der Waals surface area contributed by atoms with Gasteiger partial charge in [0.15, 0.2) is 0 Å². The van der Waals surface area contributed by atoms with Gasteiger partial charge in [-0.25, -0.2) is 14.4 Å². The summed E-state index contributed by atoms with van der Waals surface area (Å²) < 4.78 is 56.8. The Morgan fingerprint density at radius 3 is 2.60 bits per heavy atom. The Labute approximate surface area is 112 Å². The first-order valence-electron chi connectivity index (χ1n) is 5.59. The van der Waals surface area contributed by atoms with Crippen LogP contribution in [0.1, 0.15) is 11.3 Å². The van der Waals surface area contributed by atoms with Gasteiger partial charge >= 0.3 is 6.18 Å². The third-order valence-corrected chi connectivity index (χ3v) is 2.60. The van der Waals surface area contributed by atoms with Crippen LogP contribution in [0.25, 0.3) is 11.3 Å². The molecule has 0 aliphatic carbocycles. The van der Waals surface area contributed by atoms with Crippen LogP contribution in [0.2, 0.25) is 0 Å². The van der Waals surface area contributed by atoms with Crippen LogP contribution in [-0.2, 0) is 17.5 Å². The second kappa shape index (κ2) is 5.54. The third kappa shape index (κ3) is 2.93. The molecule has 0 radical (unpaired) electrons. The number of nitrogens with zero attached hydrogens (tertiary/aromatic N) is 2. The van der Waals surface area contributed by atoms with Crippen LogP contribution in [0.5, 0.6) is 0 Å². The molecule has 0 N–H and O–H groups in total. The molecule has 20 heavy (non-hydrogen) atoms. The molecule has 0 unspecified atom stereocenters. The van der Waals surface area contributed by atoms with Crippen molar-refractivity contribution in [2.24, 2.45) is 0 Å². The molecule has 1 heterocycles. The highest BCUT2D eigenvalue weighted by molar-refractivity contribution is 5.61. The molecule has 0 spiro atoms. The minimum atomic E-state index is -4.75. The summed E-state index contributed by atoms with van der Waals surface area (Å²) in [5, 5.41) is 0. The van der Waals surface area contributed by atoms with Crippen LogP contribution in [0, 0.1) is 5.82 Å². The Balaban J connectivity index is 2.51. The second-order valence-corrected chi connectivity index (χ2v) is 3.99. The molecule has 3 nitrogen and oxygen atoms in total. The SMILES string of the molecule is COCc1cc(-c2cccc(C(F)(F)F)c2F)ncn1. The number of alkyl halides is 3. The number of halogens is 4. The van der Waals surface area contributed by atoms with E-state index in [2.05, 4.69) is 9.97 Å². The van der Waals surface area contributed by atoms with E-state index >= 15 is 0 Å². The molecule has 1 aromatic carbocycles. The van der Waals surface area contributed by atoms with Crippen molar-refractivity contribution in [3.05, 3.63) is 47.7 Å². The first kappa shape index (κ1) is 14.4. The molecule has 2 aromatic rings. The highest BCUT2D eigenvalue weighted by Gasteiger charge is 2.35. The van der Waals surface area contributed by atoms with E-state index in [1.54, 1.807) is 0 Å². The molecule has 0 saturated carbocycles. The summed E-state index contributed by atoms with van der Waals surface area (Å²) in [4.78, 5) is 7.68. The molecule has 0 saturated heterocycles. The maximum Gasteiger partial charge on any atom is 0.419 e. The molecule has 0 bridgehead atoms. The topological polar surface area (TPSA) is 35.0 Å². The molecular formula is C13H10F4N2O. The van der Waals surface area contributed by atoms with Gasteiger partial charge in [-0.3, -0.25) is 0 Å². The van der Waals surface area contributed by atoms with Gasteiger partial charge in [0.1, 0.15) is 12.1 Å². The molecule has 0 atom stereocenters. The van der Waals surface area contributed by atoms with E-state index < -0.39 is 17.6 Å².